The number of nitro benzene ring substituents is 1. The minimum absolute atomic E-state index is 0.0144. The van der Waals surface area contributed by atoms with Crippen molar-refractivity contribution in [3.8, 4) is 0 Å². The molecule has 1 saturated heterocycles. The molecule has 1 aliphatic rings. The molecule has 1 heterocycles. The lowest BCUT2D eigenvalue weighted by molar-refractivity contribution is -0.384. The van der Waals surface area contributed by atoms with Crippen molar-refractivity contribution >= 4 is 28.9 Å². The highest BCUT2D eigenvalue weighted by Gasteiger charge is 2.27. The zero-order valence-corrected chi connectivity index (χ0v) is 16.8. The van der Waals surface area contributed by atoms with Crippen molar-refractivity contribution in [1.29, 1.82) is 0 Å². The van der Waals surface area contributed by atoms with Gasteiger partial charge in [-0.25, -0.2) is 0 Å². The van der Waals surface area contributed by atoms with Gasteiger partial charge in [-0.05, 0) is 43.5 Å². The Morgan fingerprint density at radius 1 is 1.00 bits per heavy atom. The number of likely N-dealkylation sites (tertiary alicyclic amines) is 1. The first kappa shape index (κ1) is 21.3. The molecule has 3 rings (SSSR count). The summed E-state index contributed by atoms with van der Waals surface area (Å²) in [6.45, 7) is 1.81. The van der Waals surface area contributed by atoms with Gasteiger partial charge in [-0.2, -0.15) is 0 Å². The summed E-state index contributed by atoms with van der Waals surface area (Å²) in [5.74, 6) is 0.0427. The van der Waals surface area contributed by atoms with Crippen molar-refractivity contribution in [3.05, 3.63) is 64.7 Å². The van der Waals surface area contributed by atoms with Crippen LogP contribution in [0.4, 0.5) is 17.1 Å². The topological polar surface area (TPSA) is 105 Å². The molecule has 8 heteroatoms. The van der Waals surface area contributed by atoms with Gasteiger partial charge < -0.3 is 15.5 Å². The fourth-order valence-electron chi connectivity index (χ4n) is 3.49. The summed E-state index contributed by atoms with van der Waals surface area (Å²) in [5.41, 5.74) is 1.64. The van der Waals surface area contributed by atoms with Crippen LogP contribution in [0.3, 0.4) is 0 Å². The van der Waals surface area contributed by atoms with E-state index in [1.807, 2.05) is 35.2 Å². The molecule has 1 aliphatic heterocycles. The Bertz CT molecular complexity index is 862. The van der Waals surface area contributed by atoms with Gasteiger partial charge in [0.25, 0.3) is 5.69 Å². The summed E-state index contributed by atoms with van der Waals surface area (Å²) in [7, 11) is 0. The van der Waals surface area contributed by atoms with Crippen LogP contribution >= 0.6 is 0 Å². The van der Waals surface area contributed by atoms with Crippen molar-refractivity contribution in [2.75, 3.05) is 30.3 Å². The van der Waals surface area contributed by atoms with Gasteiger partial charge in [0.05, 0.1) is 4.92 Å². The summed E-state index contributed by atoms with van der Waals surface area (Å²) in [6.07, 6.45) is 2.45. The second kappa shape index (κ2) is 10.4. The van der Waals surface area contributed by atoms with E-state index in [-0.39, 0.29) is 23.4 Å². The van der Waals surface area contributed by atoms with Gasteiger partial charge in [0.2, 0.25) is 11.8 Å². The van der Waals surface area contributed by atoms with E-state index in [1.165, 1.54) is 12.1 Å². The number of benzene rings is 2. The number of nitrogens with one attached hydrogen (secondary N) is 2. The van der Waals surface area contributed by atoms with Gasteiger partial charge in [0, 0.05) is 55.5 Å². The molecular weight excluding hydrogens is 384 g/mol. The monoisotopic (exact) mass is 410 g/mol. The fraction of sp³-hybridized carbons (Fsp3) is 0.364. The molecule has 0 aliphatic carbocycles. The van der Waals surface area contributed by atoms with Gasteiger partial charge in [0.15, 0.2) is 0 Å². The molecule has 2 aromatic rings. The molecule has 158 valence electrons. The molecule has 2 aromatic carbocycles. The van der Waals surface area contributed by atoms with Crippen molar-refractivity contribution in [2.45, 2.75) is 25.7 Å². The van der Waals surface area contributed by atoms with Gasteiger partial charge in [0.1, 0.15) is 0 Å². The predicted octanol–water partition coefficient (Wildman–Crippen LogP) is 3.66. The summed E-state index contributed by atoms with van der Waals surface area (Å²) in [5, 5.41) is 16.8. The van der Waals surface area contributed by atoms with E-state index < -0.39 is 4.92 Å². The maximum Gasteiger partial charge on any atom is 0.269 e. The SMILES string of the molecule is O=C(Nc1ccccc1)C1CCN(C(=O)CCCNc2ccc([N+](=O)[O-])cc2)CC1. The van der Waals surface area contributed by atoms with Gasteiger partial charge >= 0.3 is 0 Å². The number of hydrogen-bond acceptors (Lipinski definition) is 5. The number of hydrogen-bond donors (Lipinski definition) is 2. The molecule has 0 spiro atoms. The predicted molar refractivity (Wildman–Crippen MR) is 115 cm³/mol. The number of para-hydroxylation sites is 1. The van der Waals surface area contributed by atoms with Crippen LogP contribution in [-0.2, 0) is 9.59 Å². The number of non-ortho nitro benzene ring substituents is 1. The summed E-state index contributed by atoms with van der Waals surface area (Å²) in [6, 6.07) is 15.6. The molecular formula is C22H26N4O4. The van der Waals surface area contributed by atoms with E-state index in [4.69, 9.17) is 0 Å². The third kappa shape index (κ3) is 6.04. The number of rotatable bonds is 8. The van der Waals surface area contributed by atoms with E-state index in [0.717, 1.165) is 11.4 Å². The first-order chi connectivity index (χ1) is 14.5. The average Bonchev–Trinajstić information content (AvgIpc) is 2.77. The van der Waals surface area contributed by atoms with Gasteiger partial charge in [-0.1, -0.05) is 18.2 Å². The fourth-order valence-corrected chi connectivity index (χ4v) is 3.49. The summed E-state index contributed by atoms with van der Waals surface area (Å²) >= 11 is 0. The molecule has 0 radical (unpaired) electrons. The molecule has 30 heavy (non-hydrogen) atoms. The molecule has 0 saturated carbocycles. The van der Waals surface area contributed by atoms with E-state index >= 15 is 0 Å². The highest BCUT2D eigenvalue weighted by Crippen LogP contribution is 2.20. The highest BCUT2D eigenvalue weighted by molar-refractivity contribution is 5.92. The molecule has 8 nitrogen and oxygen atoms in total. The minimum atomic E-state index is -0.434. The Kier molecular flexibility index (Phi) is 7.37. The van der Waals surface area contributed by atoms with Crippen LogP contribution in [0.25, 0.3) is 0 Å². The van der Waals surface area contributed by atoms with Crippen LogP contribution in [0.1, 0.15) is 25.7 Å². The number of anilines is 2. The Hall–Kier alpha value is -3.42. The standard InChI is InChI=1S/C22H26N4O4/c27-21(7-4-14-23-18-8-10-20(11-9-18)26(29)30)25-15-12-17(13-16-25)22(28)24-19-5-2-1-3-6-19/h1-3,5-6,8-11,17,23H,4,7,12-16H2,(H,24,28). The molecule has 0 bridgehead atoms. The van der Waals surface area contributed by atoms with E-state index in [0.29, 0.717) is 45.3 Å². The van der Waals surface area contributed by atoms with Crippen LogP contribution < -0.4 is 10.6 Å². The van der Waals surface area contributed by atoms with Crippen molar-refractivity contribution in [2.24, 2.45) is 5.92 Å². The first-order valence-corrected chi connectivity index (χ1v) is 10.1. The van der Waals surface area contributed by atoms with Crippen molar-refractivity contribution < 1.29 is 14.5 Å². The van der Waals surface area contributed by atoms with Crippen LogP contribution in [-0.4, -0.2) is 41.3 Å². The number of nitro groups is 1. The lowest BCUT2D eigenvalue weighted by atomic mass is 9.95. The summed E-state index contributed by atoms with van der Waals surface area (Å²) in [4.78, 5) is 36.9. The number of carbonyl (C=O) groups excluding carboxylic acids is 2. The lowest BCUT2D eigenvalue weighted by Gasteiger charge is -2.31. The third-order valence-electron chi connectivity index (χ3n) is 5.23. The maximum absolute atomic E-state index is 12.4. The molecule has 0 unspecified atom stereocenters. The summed E-state index contributed by atoms with van der Waals surface area (Å²) < 4.78 is 0. The van der Waals surface area contributed by atoms with Crippen LogP contribution in [0, 0.1) is 16.0 Å². The number of nitrogens with zero attached hydrogens (tertiary/aromatic N) is 2. The second-order valence-corrected chi connectivity index (χ2v) is 7.34. The number of amides is 2. The number of carbonyl (C=O) groups is 2. The highest BCUT2D eigenvalue weighted by atomic mass is 16.6. The van der Waals surface area contributed by atoms with Crippen LogP contribution in [0.5, 0.6) is 0 Å². The number of piperidine rings is 1. The zero-order chi connectivity index (χ0) is 21.3. The maximum atomic E-state index is 12.4. The molecule has 1 fully saturated rings. The second-order valence-electron chi connectivity index (χ2n) is 7.34. The molecule has 2 amide bonds. The molecule has 0 atom stereocenters. The Morgan fingerprint density at radius 3 is 2.30 bits per heavy atom. The largest absolute Gasteiger partial charge is 0.385 e. The smallest absolute Gasteiger partial charge is 0.269 e. The lowest BCUT2D eigenvalue weighted by Crippen LogP contribution is -2.41. The van der Waals surface area contributed by atoms with Crippen molar-refractivity contribution in [1.82, 2.24) is 4.90 Å². The van der Waals surface area contributed by atoms with E-state index in [9.17, 15) is 19.7 Å². The quantitative estimate of drug-likeness (QED) is 0.393. The molecule has 2 N–H and O–H groups in total. The van der Waals surface area contributed by atoms with E-state index in [1.54, 1.807) is 12.1 Å². The minimum Gasteiger partial charge on any atom is -0.385 e. The van der Waals surface area contributed by atoms with Gasteiger partial charge in [-0.3, -0.25) is 19.7 Å². The average molecular weight is 410 g/mol. The van der Waals surface area contributed by atoms with Crippen LogP contribution in [0.15, 0.2) is 54.6 Å². The van der Waals surface area contributed by atoms with Gasteiger partial charge in [-0.15, -0.1) is 0 Å². The first-order valence-electron chi connectivity index (χ1n) is 10.1. The van der Waals surface area contributed by atoms with E-state index in [2.05, 4.69) is 10.6 Å². The molecule has 0 aromatic heterocycles. The Labute approximate surface area is 175 Å². The normalized spacial score (nSPS) is 14.2. The van der Waals surface area contributed by atoms with Crippen LogP contribution in [0.2, 0.25) is 0 Å². The Morgan fingerprint density at radius 2 is 1.67 bits per heavy atom. The van der Waals surface area contributed by atoms with Crippen molar-refractivity contribution in [3.63, 3.8) is 0 Å². The zero-order valence-electron chi connectivity index (χ0n) is 16.8. The third-order valence-corrected chi connectivity index (χ3v) is 5.23. The Balaban J connectivity index is 1.34.